The molecular weight excluding hydrogens is 242 g/mol. The molecule has 1 heterocycles. The highest BCUT2D eigenvalue weighted by atomic mass is 32.2. The largest absolute Gasteiger partial charge is 0.368 e. The summed E-state index contributed by atoms with van der Waals surface area (Å²) in [6.45, 7) is 1.58. The van der Waals surface area contributed by atoms with Gasteiger partial charge in [-0.25, -0.2) is 8.78 Å². The summed E-state index contributed by atoms with van der Waals surface area (Å²) in [6.07, 6.45) is 1.00. The number of hydrogen-bond donors (Lipinski definition) is 1. The van der Waals surface area contributed by atoms with E-state index in [-0.39, 0.29) is 12.1 Å². The van der Waals surface area contributed by atoms with Crippen LogP contribution in [0.15, 0.2) is 12.1 Å². The first-order chi connectivity index (χ1) is 8.24. The van der Waals surface area contributed by atoms with Crippen LogP contribution < -0.4 is 10.6 Å². The molecule has 0 spiro atoms. The third-order valence-electron chi connectivity index (χ3n) is 2.92. The molecule has 1 fully saturated rings. The minimum atomic E-state index is -0.804. The number of benzene rings is 1. The lowest BCUT2D eigenvalue weighted by atomic mass is 10.1. The van der Waals surface area contributed by atoms with Crippen LogP contribution in [0.1, 0.15) is 12.0 Å². The van der Waals surface area contributed by atoms with Gasteiger partial charge >= 0.3 is 0 Å². The standard InChI is InChI=1S/C12H16F2N2S/c13-11-9(8-15)2-3-10(12(11)14)16-4-1-6-17-7-5-16/h2-3H,1,4-8,15H2. The van der Waals surface area contributed by atoms with Crippen LogP contribution in [-0.4, -0.2) is 24.6 Å². The van der Waals surface area contributed by atoms with Crippen molar-refractivity contribution in [3.8, 4) is 0 Å². The van der Waals surface area contributed by atoms with Gasteiger partial charge in [0.15, 0.2) is 11.6 Å². The first kappa shape index (κ1) is 12.6. The van der Waals surface area contributed by atoms with Crippen molar-refractivity contribution in [1.29, 1.82) is 0 Å². The minimum absolute atomic E-state index is 0.0267. The van der Waals surface area contributed by atoms with Gasteiger partial charge in [-0.1, -0.05) is 6.07 Å². The van der Waals surface area contributed by atoms with E-state index in [1.165, 1.54) is 0 Å². The fourth-order valence-electron chi connectivity index (χ4n) is 1.97. The number of nitrogens with zero attached hydrogens (tertiary/aromatic N) is 1. The fraction of sp³-hybridized carbons (Fsp3) is 0.500. The van der Waals surface area contributed by atoms with Gasteiger partial charge in [0.1, 0.15) is 0 Å². The van der Waals surface area contributed by atoms with Gasteiger partial charge in [-0.15, -0.1) is 0 Å². The minimum Gasteiger partial charge on any atom is -0.368 e. The van der Waals surface area contributed by atoms with Crippen molar-refractivity contribution in [3.63, 3.8) is 0 Å². The Balaban J connectivity index is 2.28. The van der Waals surface area contributed by atoms with Crippen LogP contribution in [0, 0.1) is 11.6 Å². The summed E-state index contributed by atoms with van der Waals surface area (Å²) in [6, 6.07) is 3.21. The van der Waals surface area contributed by atoms with Crippen molar-refractivity contribution in [2.75, 3.05) is 29.5 Å². The van der Waals surface area contributed by atoms with Crippen LogP contribution >= 0.6 is 11.8 Å². The highest BCUT2D eigenvalue weighted by molar-refractivity contribution is 7.99. The number of rotatable bonds is 2. The van der Waals surface area contributed by atoms with Gasteiger partial charge in [-0.3, -0.25) is 0 Å². The van der Waals surface area contributed by atoms with Crippen LogP contribution in [0.3, 0.4) is 0 Å². The molecule has 1 saturated heterocycles. The normalized spacial score (nSPS) is 17.0. The molecule has 0 atom stereocenters. The molecule has 1 aliphatic rings. The predicted molar refractivity (Wildman–Crippen MR) is 68.4 cm³/mol. The van der Waals surface area contributed by atoms with Crippen molar-refractivity contribution >= 4 is 17.4 Å². The quantitative estimate of drug-likeness (QED) is 0.883. The average molecular weight is 258 g/mol. The molecule has 2 nitrogen and oxygen atoms in total. The molecule has 0 saturated carbocycles. The van der Waals surface area contributed by atoms with Gasteiger partial charge in [0, 0.05) is 31.0 Å². The maximum Gasteiger partial charge on any atom is 0.182 e. The van der Waals surface area contributed by atoms with Crippen molar-refractivity contribution in [2.24, 2.45) is 5.73 Å². The Morgan fingerprint density at radius 3 is 2.76 bits per heavy atom. The van der Waals surface area contributed by atoms with Gasteiger partial charge in [-0.2, -0.15) is 11.8 Å². The van der Waals surface area contributed by atoms with E-state index in [1.54, 1.807) is 12.1 Å². The first-order valence-corrected chi connectivity index (χ1v) is 6.89. The lowest BCUT2D eigenvalue weighted by Gasteiger charge is -2.23. The second kappa shape index (κ2) is 5.69. The Labute approximate surface area is 104 Å². The molecule has 2 rings (SSSR count). The molecule has 0 bridgehead atoms. The van der Waals surface area contributed by atoms with E-state index in [1.807, 2.05) is 16.7 Å². The summed E-state index contributed by atoms with van der Waals surface area (Å²) < 4.78 is 27.5. The van der Waals surface area contributed by atoms with E-state index in [0.29, 0.717) is 5.69 Å². The maximum absolute atomic E-state index is 13.9. The summed E-state index contributed by atoms with van der Waals surface area (Å²) in [5.41, 5.74) is 5.94. The molecular formula is C12H16F2N2S. The predicted octanol–water partition coefficient (Wildman–Crippen LogP) is 2.37. The third-order valence-corrected chi connectivity index (χ3v) is 3.97. The second-order valence-electron chi connectivity index (χ2n) is 4.03. The van der Waals surface area contributed by atoms with Gasteiger partial charge in [0.05, 0.1) is 5.69 Å². The molecule has 17 heavy (non-hydrogen) atoms. The van der Waals surface area contributed by atoms with E-state index in [9.17, 15) is 8.78 Å². The van der Waals surface area contributed by atoms with Gasteiger partial charge in [0.25, 0.3) is 0 Å². The second-order valence-corrected chi connectivity index (χ2v) is 5.25. The summed E-state index contributed by atoms with van der Waals surface area (Å²) in [5.74, 6) is 0.475. The monoisotopic (exact) mass is 258 g/mol. The highest BCUT2D eigenvalue weighted by Gasteiger charge is 2.18. The van der Waals surface area contributed by atoms with Crippen LogP contribution in [0.2, 0.25) is 0 Å². The van der Waals surface area contributed by atoms with E-state index < -0.39 is 11.6 Å². The van der Waals surface area contributed by atoms with Crippen molar-refractivity contribution in [1.82, 2.24) is 0 Å². The Bertz CT molecular complexity index is 390. The smallest absolute Gasteiger partial charge is 0.182 e. The van der Waals surface area contributed by atoms with Crippen molar-refractivity contribution < 1.29 is 8.78 Å². The van der Waals surface area contributed by atoms with Crippen molar-refractivity contribution in [3.05, 3.63) is 29.3 Å². The number of anilines is 1. The molecule has 5 heteroatoms. The summed E-state index contributed by atoms with van der Waals surface area (Å²) in [5, 5.41) is 0. The summed E-state index contributed by atoms with van der Waals surface area (Å²) in [4.78, 5) is 1.92. The molecule has 0 amide bonds. The number of hydrogen-bond acceptors (Lipinski definition) is 3. The molecule has 0 aliphatic carbocycles. The zero-order valence-corrected chi connectivity index (χ0v) is 10.4. The zero-order valence-electron chi connectivity index (χ0n) is 9.59. The van der Waals surface area contributed by atoms with E-state index in [2.05, 4.69) is 0 Å². The molecule has 0 unspecified atom stereocenters. The lowest BCUT2D eigenvalue weighted by Crippen LogP contribution is -2.27. The highest BCUT2D eigenvalue weighted by Crippen LogP contribution is 2.26. The Morgan fingerprint density at radius 2 is 2.00 bits per heavy atom. The average Bonchev–Trinajstić information content (AvgIpc) is 2.61. The van der Waals surface area contributed by atoms with Crippen molar-refractivity contribution in [2.45, 2.75) is 13.0 Å². The summed E-state index contributed by atoms with van der Waals surface area (Å²) in [7, 11) is 0. The van der Waals surface area contributed by atoms with Crippen LogP contribution in [0.4, 0.5) is 14.5 Å². The molecule has 1 aromatic carbocycles. The number of halogens is 2. The third kappa shape index (κ3) is 2.72. The molecule has 0 aromatic heterocycles. The Morgan fingerprint density at radius 1 is 1.18 bits per heavy atom. The van der Waals surface area contributed by atoms with E-state index in [4.69, 9.17) is 5.73 Å². The van der Waals surface area contributed by atoms with Gasteiger partial charge in [-0.05, 0) is 18.2 Å². The Kier molecular flexibility index (Phi) is 4.23. The SMILES string of the molecule is NCc1ccc(N2CCCSCC2)c(F)c1F. The van der Waals surface area contributed by atoms with Gasteiger partial charge in [0.2, 0.25) is 0 Å². The van der Waals surface area contributed by atoms with E-state index in [0.717, 1.165) is 31.0 Å². The lowest BCUT2D eigenvalue weighted by molar-refractivity contribution is 0.497. The molecule has 2 N–H and O–H groups in total. The molecule has 94 valence electrons. The first-order valence-electron chi connectivity index (χ1n) is 5.73. The van der Waals surface area contributed by atoms with E-state index >= 15 is 0 Å². The topological polar surface area (TPSA) is 29.3 Å². The summed E-state index contributed by atoms with van der Waals surface area (Å²) >= 11 is 1.85. The van der Waals surface area contributed by atoms with Crippen LogP contribution in [0.5, 0.6) is 0 Å². The maximum atomic E-state index is 13.9. The number of nitrogens with two attached hydrogens (primary N) is 1. The van der Waals surface area contributed by atoms with Gasteiger partial charge < -0.3 is 10.6 Å². The molecule has 1 aromatic rings. The zero-order chi connectivity index (χ0) is 12.3. The number of thioether (sulfide) groups is 1. The molecule has 1 aliphatic heterocycles. The van der Waals surface area contributed by atoms with Crippen LogP contribution in [-0.2, 0) is 6.54 Å². The van der Waals surface area contributed by atoms with Crippen LogP contribution in [0.25, 0.3) is 0 Å². The Hall–Kier alpha value is -0.810. The molecule has 0 radical (unpaired) electrons. The fourth-order valence-corrected chi connectivity index (χ4v) is 2.85.